The maximum atomic E-state index is 3.50. The fourth-order valence-corrected chi connectivity index (χ4v) is 4.01. The Balaban J connectivity index is 1.35. The van der Waals surface area contributed by atoms with Gasteiger partial charge in [0.25, 0.3) is 0 Å². The van der Waals surface area contributed by atoms with Crippen molar-refractivity contribution in [2.24, 2.45) is 11.3 Å². The van der Waals surface area contributed by atoms with Gasteiger partial charge in [0.2, 0.25) is 0 Å². The van der Waals surface area contributed by atoms with Crippen LogP contribution in [-0.4, -0.2) is 62.7 Å². The van der Waals surface area contributed by atoms with Crippen LogP contribution in [0.1, 0.15) is 32.1 Å². The van der Waals surface area contributed by atoms with E-state index in [1.807, 2.05) is 0 Å². The van der Waals surface area contributed by atoms with Gasteiger partial charge in [-0.3, -0.25) is 0 Å². The number of nitrogens with zero attached hydrogens (tertiary/aromatic N) is 2. The van der Waals surface area contributed by atoms with Crippen LogP contribution in [0, 0.1) is 11.3 Å². The first kappa shape index (κ1) is 12.9. The topological polar surface area (TPSA) is 18.5 Å². The molecule has 2 heterocycles. The number of nitrogens with one attached hydrogen (secondary N) is 1. The average Bonchev–Trinajstić information content (AvgIpc) is 2.82. The van der Waals surface area contributed by atoms with Gasteiger partial charge in [-0.05, 0) is 76.7 Å². The van der Waals surface area contributed by atoms with Gasteiger partial charge in [-0.15, -0.1) is 0 Å². The second-order valence-electron chi connectivity index (χ2n) is 6.82. The van der Waals surface area contributed by atoms with Crippen molar-refractivity contribution < 1.29 is 0 Å². The molecule has 3 fully saturated rings. The highest BCUT2D eigenvalue weighted by Gasteiger charge is 2.53. The lowest BCUT2D eigenvalue weighted by molar-refractivity contribution is 0.229. The summed E-state index contributed by atoms with van der Waals surface area (Å²) in [4.78, 5) is 5.21. The fraction of sp³-hybridized carbons (Fsp3) is 1.00. The van der Waals surface area contributed by atoms with Gasteiger partial charge in [0.1, 0.15) is 0 Å². The molecule has 104 valence electrons. The zero-order valence-corrected chi connectivity index (χ0v) is 12.0. The van der Waals surface area contributed by atoms with Crippen molar-refractivity contribution in [3.8, 4) is 0 Å². The number of likely N-dealkylation sites (tertiary alicyclic amines) is 1. The first-order valence-corrected chi connectivity index (χ1v) is 7.90. The highest BCUT2D eigenvalue weighted by molar-refractivity contribution is 5.05. The number of hydrogen-bond acceptors (Lipinski definition) is 3. The fourth-order valence-electron chi connectivity index (χ4n) is 4.01. The van der Waals surface area contributed by atoms with Crippen molar-refractivity contribution in [3.63, 3.8) is 0 Å². The summed E-state index contributed by atoms with van der Waals surface area (Å²) in [6.45, 7) is 9.10. The Labute approximate surface area is 112 Å². The van der Waals surface area contributed by atoms with Crippen LogP contribution >= 0.6 is 0 Å². The predicted molar refractivity (Wildman–Crippen MR) is 75.8 cm³/mol. The van der Waals surface area contributed by atoms with E-state index in [4.69, 9.17) is 0 Å². The standard InChI is InChI=1S/C15H29N3/c1-17(10-11-18-8-2-3-9-18)13-14-12-15(14)4-6-16-7-5-15/h14,16H,2-13H2,1H3. The maximum Gasteiger partial charge on any atom is 0.0109 e. The molecular weight excluding hydrogens is 222 g/mol. The zero-order valence-electron chi connectivity index (χ0n) is 12.0. The second kappa shape index (κ2) is 5.48. The largest absolute Gasteiger partial charge is 0.317 e. The molecule has 1 N–H and O–H groups in total. The van der Waals surface area contributed by atoms with Gasteiger partial charge in [0.15, 0.2) is 0 Å². The minimum Gasteiger partial charge on any atom is -0.317 e. The molecule has 1 saturated carbocycles. The van der Waals surface area contributed by atoms with E-state index in [0.717, 1.165) is 11.3 Å². The third-order valence-electron chi connectivity index (χ3n) is 5.49. The summed E-state index contributed by atoms with van der Waals surface area (Å²) in [5.41, 5.74) is 0.757. The Hall–Kier alpha value is -0.120. The van der Waals surface area contributed by atoms with Gasteiger partial charge in [0.05, 0.1) is 0 Å². The first-order chi connectivity index (χ1) is 8.78. The van der Waals surface area contributed by atoms with Crippen LogP contribution in [0.15, 0.2) is 0 Å². The minimum absolute atomic E-state index is 0.757. The summed E-state index contributed by atoms with van der Waals surface area (Å²) >= 11 is 0. The molecule has 0 radical (unpaired) electrons. The molecule has 0 amide bonds. The van der Waals surface area contributed by atoms with E-state index in [-0.39, 0.29) is 0 Å². The highest BCUT2D eigenvalue weighted by atomic mass is 15.2. The van der Waals surface area contributed by atoms with Crippen molar-refractivity contribution in [2.75, 3.05) is 52.9 Å². The molecular formula is C15H29N3. The van der Waals surface area contributed by atoms with Gasteiger partial charge in [0, 0.05) is 19.6 Å². The van der Waals surface area contributed by atoms with Crippen LogP contribution < -0.4 is 5.32 Å². The molecule has 0 aromatic rings. The Kier molecular flexibility index (Phi) is 3.92. The number of piperidine rings is 1. The molecule has 18 heavy (non-hydrogen) atoms. The summed E-state index contributed by atoms with van der Waals surface area (Å²) in [7, 11) is 2.32. The summed E-state index contributed by atoms with van der Waals surface area (Å²) in [6.07, 6.45) is 7.20. The molecule has 0 aromatic heterocycles. The maximum absolute atomic E-state index is 3.50. The third kappa shape index (κ3) is 2.89. The van der Waals surface area contributed by atoms with E-state index in [9.17, 15) is 0 Å². The van der Waals surface area contributed by atoms with Crippen LogP contribution in [0.5, 0.6) is 0 Å². The molecule has 1 unspecified atom stereocenters. The molecule has 3 nitrogen and oxygen atoms in total. The monoisotopic (exact) mass is 251 g/mol. The lowest BCUT2D eigenvalue weighted by atomic mass is 9.92. The van der Waals surface area contributed by atoms with Gasteiger partial charge >= 0.3 is 0 Å². The Bertz CT molecular complexity index is 267. The first-order valence-electron chi connectivity index (χ1n) is 7.90. The van der Waals surface area contributed by atoms with Gasteiger partial charge < -0.3 is 15.1 Å². The predicted octanol–water partition coefficient (Wildman–Crippen LogP) is 1.40. The van der Waals surface area contributed by atoms with E-state index < -0.39 is 0 Å². The quantitative estimate of drug-likeness (QED) is 0.797. The summed E-state index contributed by atoms with van der Waals surface area (Å²) in [5.74, 6) is 1.00. The van der Waals surface area contributed by atoms with E-state index in [2.05, 4.69) is 22.2 Å². The zero-order chi connectivity index (χ0) is 12.4. The van der Waals surface area contributed by atoms with E-state index >= 15 is 0 Å². The summed E-state index contributed by atoms with van der Waals surface area (Å²) < 4.78 is 0. The molecule has 3 aliphatic rings. The van der Waals surface area contributed by atoms with Crippen LogP contribution in [0.25, 0.3) is 0 Å². The van der Waals surface area contributed by atoms with Gasteiger partial charge in [-0.1, -0.05) is 0 Å². The Morgan fingerprint density at radius 1 is 1.22 bits per heavy atom. The molecule has 0 aromatic carbocycles. The molecule has 2 saturated heterocycles. The van der Waals surface area contributed by atoms with Crippen LogP contribution in [0.4, 0.5) is 0 Å². The normalized spacial score (nSPS) is 31.3. The Morgan fingerprint density at radius 3 is 2.67 bits per heavy atom. The van der Waals surface area contributed by atoms with E-state index in [0.29, 0.717) is 0 Å². The van der Waals surface area contributed by atoms with Crippen molar-refractivity contribution in [2.45, 2.75) is 32.1 Å². The lowest BCUT2D eigenvalue weighted by Gasteiger charge is -2.26. The van der Waals surface area contributed by atoms with Crippen molar-refractivity contribution in [1.29, 1.82) is 0 Å². The van der Waals surface area contributed by atoms with Crippen LogP contribution in [0.3, 0.4) is 0 Å². The number of likely N-dealkylation sites (N-methyl/N-ethyl adjacent to an activating group) is 1. The SMILES string of the molecule is CN(CCN1CCCC1)CC1CC12CCNCC2. The third-order valence-corrected chi connectivity index (χ3v) is 5.49. The van der Waals surface area contributed by atoms with Gasteiger partial charge in [-0.25, -0.2) is 0 Å². The minimum atomic E-state index is 0.757. The summed E-state index contributed by atoms with van der Waals surface area (Å²) in [5, 5.41) is 3.50. The molecule has 0 bridgehead atoms. The molecule has 1 atom stereocenters. The van der Waals surface area contributed by atoms with Crippen molar-refractivity contribution in [1.82, 2.24) is 15.1 Å². The molecule has 3 rings (SSSR count). The smallest absolute Gasteiger partial charge is 0.0109 e. The Morgan fingerprint density at radius 2 is 1.94 bits per heavy atom. The van der Waals surface area contributed by atoms with E-state index in [1.165, 1.54) is 77.9 Å². The summed E-state index contributed by atoms with van der Waals surface area (Å²) in [6, 6.07) is 0. The van der Waals surface area contributed by atoms with E-state index in [1.54, 1.807) is 0 Å². The molecule has 3 heteroatoms. The number of rotatable bonds is 5. The average molecular weight is 251 g/mol. The van der Waals surface area contributed by atoms with Crippen molar-refractivity contribution >= 4 is 0 Å². The molecule has 1 aliphatic carbocycles. The van der Waals surface area contributed by atoms with Crippen LogP contribution in [0.2, 0.25) is 0 Å². The number of hydrogen-bond donors (Lipinski definition) is 1. The molecule has 1 spiro atoms. The van der Waals surface area contributed by atoms with Crippen LogP contribution in [-0.2, 0) is 0 Å². The highest BCUT2D eigenvalue weighted by Crippen LogP contribution is 2.58. The molecule has 2 aliphatic heterocycles. The second-order valence-corrected chi connectivity index (χ2v) is 6.82. The lowest BCUT2D eigenvalue weighted by Crippen LogP contribution is -2.34. The van der Waals surface area contributed by atoms with Gasteiger partial charge in [-0.2, -0.15) is 0 Å². The van der Waals surface area contributed by atoms with Crippen molar-refractivity contribution in [3.05, 3.63) is 0 Å².